The topological polar surface area (TPSA) is 57.4 Å². The summed E-state index contributed by atoms with van der Waals surface area (Å²) < 4.78 is 0. The van der Waals surface area contributed by atoms with Crippen LogP contribution >= 0.6 is 0 Å². The summed E-state index contributed by atoms with van der Waals surface area (Å²) in [5.74, 6) is 8.07. The van der Waals surface area contributed by atoms with Crippen LogP contribution in [0, 0.1) is 5.92 Å². The third-order valence-electron chi connectivity index (χ3n) is 4.54. The number of nitrogens with zero attached hydrogens (tertiary/aromatic N) is 3. The van der Waals surface area contributed by atoms with Gasteiger partial charge < -0.3 is 15.2 Å². The van der Waals surface area contributed by atoms with Gasteiger partial charge in [-0.15, -0.1) is 0 Å². The van der Waals surface area contributed by atoms with Crippen molar-refractivity contribution in [2.24, 2.45) is 11.8 Å². The highest BCUT2D eigenvalue weighted by Crippen LogP contribution is 2.24. The maximum absolute atomic E-state index is 5.43. The van der Waals surface area contributed by atoms with Crippen LogP contribution in [0.15, 0.2) is 18.2 Å². The van der Waals surface area contributed by atoms with Crippen LogP contribution in [0.1, 0.15) is 25.7 Å². The van der Waals surface area contributed by atoms with Crippen LogP contribution in [0.2, 0.25) is 0 Å². The summed E-state index contributed by atoms with van der Waals surface area (Å²) >= 11 is 0. The average Bonchev–Trinajstić information content (AvgIpc) is 3.01. The SMILES string of the molecule is NNc1cccc(N2CCC(CN3CCCC3)CC2)n1. The first-order valence-electron chi connectivity index (χ1n) is 7.76. The molecule has 0 spiro atoms. The summed E-state index contributed by atoms with van der Waals surface area (Å²) in [6.45, 7) is 6.14. The van der Waals surface area contributed by atoms with Crippen LogP contribution in [0.4, 0.5) is 11.6 Å². The van der Waals surface area contributed by atoms with Gasteiger partial charge in [0.2, 0.25) is 0 Å². The molecular weight excluding hydrogens is 250 g/mol. The first-order chi connectivity index (χ1) is 9.85. The summed E-state index contributed by atoms with van der Waals surface area (Å²) in [7, 11) is 0. The second-order valence-corrected chi connectivity index (χ2v) is 5.96. The number of likely N-dealkylation sites (tertiary alicyclic amines) is 1. The summed E-state index contributed by atoms with van der Waals surface area (Å²) in [6.07, 6.45) is 5.33. The van der Waals surface area contributed by atoms with E-state index in [9.17, 15) is 0 Å². The quantitative estimate of drug-likeness (QED) is 0.647. The molecule has 1 aromatic heterocycles. The van der Waals surface area contributed by atoms with E-state index in [1.165, 1.54) is 45.3 Å². The number of hydrogen-bond donors (Lipinski definition) is 2. The summed E-state index contributed by atoms with van der Waals surface area (Å²) in [4.78, 5) is 9.54. The van der Waals surface area contributed by atoms with Gasteiger partial charge in [-0.25, -0.2) is 10.8 Å². The first kappa shape index (κ1) is 13.6. The Morgan fingerprint density at radius 2 is 1.90 bits per heavy atom. The van der Waals surface area contributed by atoms with Crippen LogP contribution in [0.5, 0.6) is 0 Å². The molecule has 2 saturated heterocycles. The minimum Gasteiger partial charge on any atom is -0.357 e. The second kappa shape index (κ2) is 6.41. The van der Waals surface area contributed by atoms with E-state index in [-0.39, 0.29) is 0 Å². The molecule has 0 saturated carbocycles. The van der Waals surface area contributed by atoms with E-state index in [2.05, 4.69) is 26.3 Å². The highest BCUT2D eigenvalue weighted by molar-refractivity contribution is 5.46. The molecule has 20 heavy (non-hydrogen) atoms. The van der Waals surface area contributed by atoms with Gasteiger partial charge in [0.15, 0.2) is 0 Å². The maximum atomic E-state index is 5.43. The zero-order valence-electron chi connectivity index (χ0n) is 12.1. The summed E-state index contributed by atoms with van der Waals surface area (Å²) in [5.41, 5.74) is 2.62. The van der Waals surface area contributed by atoms with E-state index >= 15 is 0 Å². The van der Waals surface area contributed by atoms with E-state index < -0.39 is 0 Å². The van der Waals surface area contributed by atoms with Gasteiger partial charge in [-0.05, 0) is 56.8 Å². The summed E-state index contributed by atoms with van der Waals surface area (Å²) in [6, 6.07) is 5.97. The number of hydrazine groups is 1. The van der Waals surface area contributed by atoms with Gasteiger partial charge in [0, 0.05) is 19.6 Å². The Kier molecular flexibility index (Phi) is 4.38. The molecule has 0 amide bonds. The Hall–Kier alpha value is -1.33. The molecule has 2 aliphatic heterocycles. The zero-order valence-corrected chi connectivity index (χ0v) is 12.1. The molecule has 2 fully saturated rings. The maximum Gasteiger partial charge on any atom is 0.142 e. The predicted octanol–water partition coefficient (Wildman–Crippen LogP) is 1.68. The molecule has 0 bridgehead atoms. The lowest BCUT2D eigenvalue weighted by molar-refractivity contribution is 0.249. The number of anilines is 2. The van der Waals surface area contributed by atoms with Crippen molar-refractivity contribution in [3.8, 4) is 0 Å². The fraction of sp³-hybridized carbons (Fsp3) is 0.667. The van der Waals surface area contributed by atoms with Gasteiger partial charge in [-0.1, -0.05) is 6.07 Å². The van der Waals surface area contributed by atoms with Gasteiger partial charge >= 0.3 is 0 Å². The van der Waals surface area contributed by atoms with Crippen LogP contribution < -0.4 is 16.2 Å². The minimum atomic E-state index is 0.738. The number of rotatable bonds is 4. The second-order valence-electron chi connectivity index (χ2n) is 5.96. The van der Waals surface area contributed by atoms with Crippen molar-refractivity contribution in [2.75, 3.05) is 43.0 Å². The molecule has 5 heteroatoms. The number of nitrogen functional groups attached to an aromatic ring is 1. The number of pyridine rings is 1. The van der Waals surface area contributed by atoms with E-state index in [0.717, 1.165) is 30.6 Å². The Labute approximate surface area is 121 Å². The average molecular weight is 275 g/mol. The van der Waals surface area contributed by atoms with E-state index in [1.807, 2.05) is 12.1 Å². The largest absolute Gasteiger partial charge is 0.357 e. The Bertz CT molecular complexity index is 422. The normalized spacial score (nSPS) is 21.4. The Morgan fingerprint density at radius 3 is 2.60 bits per heavy atom. The molecule has 0 aromatic carbocycles. The predicted molar refractivity (Wildman–Crippen MR) is 82.7 cm³/mol. The van der Waals surface area contributed by atoms with Crippen molar-refractivity contribution in [3.05, 3.63) is 18.2 Å². The molecule has 3 N–H and O–H groups in total. The van der Waals surface area contributed by atoms with Crippen molar-refractivity contribution in [1.82, 2.24) is 9.88 Å². The molecule has 2 aliphatic rings. The lowest BCUT2D eigenvalue weighted by atomic mass is 9.96. The Balaban J connectivity index is 1.52. The van der Waals surface area contributed by atoms with E-state index in [0.29, 0.717) is 0 Å². The van der Waals surface area contributed by atoms with Crippen LogP contribution in [-0.2, 0) is 0 Å². The van der Waals surface area contributed by atoms with E-state index in [1.54, 1.807) is 0 Å². The highest BCUT2D eigenvalue weighted by Gasteiger charge is 2.23. The molecule has 3 rings (SSSR count). The monoisotopic (exact) mass is 275 g/mol. The van der Waals surface area contributed by atoms with Crippen molar-refractivity contribution in [1.29, 1.82) is 0 Å². The van der Waals surface area contributed by atoms with Crippen LogP contribution in [0.3, 0.4) is 0 Å². The van der Waals surface area contributed by atoms with Crippen LogP contribution in [0.25, 0.3) is 0 Å². The van der Waals surface area contributed by atoms with E-state index in [4.69, 9.17) is 5.84 Å². The third kappa shape index (κ3) is 3.22. The fourth-order valence-corrected chi connectivity index (χ4v) is 3.35. The van der Waals surface area contributed by atoms with Crippen LogP contribution in [-0.4, -0.2) is 42.6 Å². The van der Waals surface area contributed by atoms with Gasteiger partial charge in [0.25, 0.3) is 0 Å². The molecule has 3 heterocycles. The van der Waals surface area contributed by atoms with Gasteiger partial charge in [-0.2, -0.15) is 0 Å². The number of hydrogen-bond acceptors (Lipinski definition) is 5. The minimum absolute atomic E-state index is 0.738. The lowest BCUT2D eigenvalue weighted by Crippen LogP contribution is -2.38. The van der Waals surface area contributed by atoms with Gasteiger partial charge in [-0.3, -0.25) is 0 Å². The molecule has 0 unspecified atom stereocenters. The lowest BCUT2D eigenvalue weighted by Gasteiger charge is -2.34. The highest BCUT2D eigenvalue weighted by atomic mass is 15.3. The molecular formula is C15H25N5. The third-order valence-corrected chi connectivity index (χ3v) is 4.54. The number of nitrogens with two attached hydrogens (primary N) is 1. The first-order valence-corrected chi connectivity index (χ1v) is 7.76. The van der Waals surface area contributed by atoms with Crippen molar-refractivity contribution in [2.45, 2.75) is 25.7 Å². The number of nitrogens with one attached hydrogen (secondary N) is 1. The smallest absolute Gasteiger partial charge is 0.142 e. The molecule has 110 valence electrons. The molecule has 0 aliphatic carbocycles. The molecule has 0 atom stereocenters. The standard InChI is InChI=1S/C15H25N5/c16-18-14-4-3-5-15(17-14)20-10-6-13(7-11-20)12-19-8-1-2-9-19/h3-5,13H,1-2,6-12,16H2,(H,17,18). The van der Waals surface area contributed by atoms with Crippen molar-refractivity contribution >= 4 is 11.6 Å². The fourth-order valence-electron chi connectivity index (χ4n) is 3.35. The van der Waals surface area contributed by atoms with Crippen molar-refractivity contribution in [3.63, 3.8) is 0 Å². The van der Waals surface area contributed by atoms with Gasteiger partial charge in [0.1, 0.15) is 11.6 Å². The zero-order chi connectivity index (χ0) is 13.8. The summed E-state index contributed by atoms with van der Waals surface area (Å²) in [5, 5.41) is 0. The molecule has 1 aromatic rings. The molecule has 5 nitrogen and oxygen atoms in total. The van der Waals surface area contributed by atoms with Crippen molar-refractivity contribution < 1.29 is 0 Å². The number of aromatic nitrogens is 1. The number of piperidine rings is 1. The van der Waals surface area contributed by atoms with Gasteiger partial charge in [0.05, 0.1) is 0 Å². The Morgan fingerprint density at radius 1 is 1.15 bits per heavy atom. The molecule has 0 radical (unpaired) electrons.